The highest BCUT2D eigenvalue weighted by atomic mass is 16.5. The molecule has 0 aromatic heterocycles. The van der Waals surface area contributed by atoms with Crippen LogP contribution in [-0.2, 0) is 0 Å². The largest absolute Gasteiger partial charge is 0.508 e. The molecule has 0 unspecified atom stereocenters. The Bertz CT molecular complexity index is 835. The zero-order valence-corrected chi connectivity index (χ0v) is 14.0. The van der Waals surface area contributed by atoms with Crippen molar-refractivity contribution in [2.24, 2.45) is 5.73 Å². The van der Waals surface area contributed by atoms with Crippen LogP contribution in [0.3, 0.4) is 0 Å². The van der Waals surface area contributed by atoms with Crippen LogP contribution in [0.5, 0.6) is 17.2 Å². The van der Waals surface area contributed by atoms with Gasteiger partial charge in [0.1, 0.15) is 28.9 Å². The molecule has 1 heterocycles. The van der Waals surface area contributed by atoms with E-state index in [-0.39, 0.29) is 17.6 Å². The number of unbranched alkanes of at least 4 members (excludes halogenated alkanes) is 1. The van der Waals surface area contributed by atoms with Crippen molar-refractivity contribution in [2.75, 3.05) is 6.61 Å². The van der Waals surface area contributed by atoms with Crippen molar-refractivity contribution in [3.05, 3.63) is 65.0 Å². The summed E-state index contributed by atoms with van der Waals surface area (Å²) >= 11 is 0. The molecule has 0 spiro atoms. The SMILES string of the molecule is CCCCOc1ccc([C@H]2C(C#N)=C(N)Oc3ccc(O)cc32)cc1. The average Bonchev–Trinajstić information content (AvgIpc) is 2.62. The predicted octanol–water partition coefficient (Wildman–Crippen LogP) is 3.79. The van der Waals surface area contributed by atoms with Gasteiger partial charge in [-0.25, -0.2) is 0 Å². The van der Waals surface area contributed by atoms with E-state index in [0.29, 0.717) is 23.5 Å². The van der Waals surface area contributed by atoms with Gasteiger partial charge in [-0.3, -0.25) is 0 Å². The van der Waals surface area contributed by atoms with E-state index in [1.54, 1.807) is 12.1 Å². The van der Waals surface area contributed by atoms with Crippen molar-refractivity contribution in [3.8, 4) is 23.3 Å². The Kier molecular flexibility index (Phi) is 4.80. The summed E-state index contributed by atoms with van der Waals surface area (Å²) in [6.07, 6.45) is 2.09. The van der Waals surface area contributed by atoms with Crippen LogP contribution in [0.1, 0.15) is 36.8 Å². The molecule has 0 amide bonds. The molecule has 2 aromatic rings. The van der Waals surface area contributed by atoms with Gasteiger partial charge >= 0.3 is 0 Å². The quantitative estimate of drug-likeness (QED) is 0.811. The lowest BCUT2D eigenvalue weighted by molar-refractivity contribution is 0.309. The number of nitriles is 1. The fourth-order valence-electron chi connectivity index (χ4n) is 2.88. The van der Waals surface area contributed by atoms with Crippen molar-refractivity contribution in [3.63, 3.8) is 0 Å². The Labute approximate surface area is 146 Å². The van der Waals surface area contributed by atoms with Crippen LogP contribution in [-0.4, -0.2) is 11.7 Å². The number of nitrogens with two attached hydrogens (primary N) is 1. The molecule has 1 aliphatic rings. The molecule has 5 nitrogen and oxygen atoms in total. The average molecular weight is 336 g/mol. The Morgan fingerprint density at radius 3 is 2.68 bits per heavy atom. The second-order valence-corrected chi connectivity index (χ2v) is 5.92. The fraction of sp³-hybridized carbons (Fsp3) is 0.250. The van der Waals surface area contributed by atoms with E-state index < -0.39 is 0 Å². The second kappa shape index (κ2) is 7.18. The van der Waals surface area contributed by atoms with Crippen molar-refractivity contribution in [1.82, 2.24) is 0 Å². The predicted molar refractivity (Wildman–Crippen MR) is 94.2 cm³/mol. The van der Waals surface area contributed by atoms with Crippen LogP contribution in [0.2, 0.25) is 0 Å². The fourth-order valence-corrected chi connectivity index (χ4v) is 2.88. The maximum atomic E-state index is 9.84. The van der Waals surface area contributed by atoms with Crippen molar-refractivity contribution in [2.45, 2.75) is 25.7 Å². The molecule has 3 rings (SSSR count). The van der Waals surface area contributed by atoms with E-state index in [9.17, 15) is 10.4 Å². The second-order valence-electron chi connectivity index (χ2n) is 5.92. The van der Waals surface area contributed by atoms with E-state index in [4.69, 9.17) is 15.2 Å². The molecular formula is C20H20N2O3. The highest BCUT2D eigenvalue weighted by Gasteiger charge is 2.30. The van der Waals surface area contributed by atoms with Gasteiger partial charge in [0, 0.05) is 5.56 Å². The van der Waals surface area contributed by atoms with Gasteiger partial charge in [0.05, 0.1) is 12.5 Å². The van der Waals surface area contributed by atoms with Gasteiger partial charge in [-0.15, -0.1) is 0 Å². The van der Waals surface area contributed by atoms with Gasteiger partial charge in [-0.2, -0.15) is 5.26 Å². The standard InChI is InChI=1S/C20H20N2O3/c1-2-3-10-24-15-7-4-13(5-8-15)19-16-11-14(23)6-9-18(16)25-20(22)17(19)12-21/h4-9,11,19,23H,2-3,10,22H2,1H3/t19-/m1/s1. The van der Waals surface area contributed by atoms with Crippen LogP contribution in [0.15, 0.2) is 53.9 Å². The Morgan fingerprint density at radius 2 is 2.00 bits per heavy atom. The smallest absolute Gasteiger partial charge is 0.205 e. The Morgan fingerprint density at radius 1 is 1.24 bits per heavy atom. The zero-order chi connectivity index (χ0) is 17.8. The zero-order valence-electron chi connectivity index (χ0n) is 14.0. The molecule has 25 heavy (non-hydrogen) atoms. The molecule has 0 fully saturated rings. The van der Waals surface area contributed by atoms with Crippen LogP contribution >= 0.6 is 0 Å². The number of hydrogen-bond donors (Lipinski definition) is 2. The maximum absolute atomic E-state index is 9.84. The first-order valence-electron chi connectivity index (χ1n) is 8.27. The Balaban J connectivity index is 1.97. The number of aromatic hydroxyl groups is 1. The minimum absolute atomic E-state index is 0.0916. The first-order valence-corrected chi connectivity index (χ1v) is 8.27. The van der Waals surface area contributed by atoms with E-state index in [1.165, 1.54) is 6.07 Å². The lowest BCUT2D eigenvalue weighted by atomic mass is 9.83. The number of hydrogen-bond acceptors (Lipinski definition) is 5. The van der Waals surface area contributed by atoms with E-state index in [1.807, 2.05) is 24.3 Å². The third-order valence-electron chi connectivity index (χ3n) is 4.18. The Hall–Kier alpha value is -3.13. The molecule has 0 aliphatic carbocycles. The molecule has 5 heteroatoms. The summed E-state index contributed by atoms with van der Waals surface area (Å²) < 4.78 is 11.2. The molecule has 1 atom stereocenters. The van der Waals surface area contributed by atoms with E-state index >= 15 is 0 Å². The molecule has 0 bridgehead atoms. The minimum Gasteiger partial charge on any atom is -0.508 e. The normalized spacial score (nSPS) is 15.9. The summed E-state index contributed by atoms with van der Waals surface area (Å²) in [5.41, 5.74) is 7.86. The third kappa shape index (κ3) is 3.38. The third-order valence-corrected chi connectivity index (χ3v) is 4.18. The number of ether oxygens (including phenoxy) is 2. The van der Waals surface area contributed by atoms with E-state index in [2.05, 4.69) is 13.0 Å². The number of nitrogens with zero attached hydrogens (tertiary/aromatic N) is 1. The molecule has 0 saturated heterocycles. The minimum atomic E-state index is -0.384. The van der Waals surface area contributed by atoms with Crippen molar-refractivity contribution < 1.29 is 14.6 Å². The number of benzene rings is 2. The highest BCUT2D eigenvalue weighted by Crippen LogP contribution is 2.43. The molecule has 1 aliphatic heterocycles. The summed E-state index contributed by atoms with van der Waals surface area (Å²) in [6, 6.07) is 14.5. The first kappa shape index (κ1) is 16.7. The number of phenols is 1. The van der Waals surface area contributed by atoms with Crippen molar-refractivity contribution in [1.29, 1.82) is 5.26 Å². The summed E-state index contributed by atoms with van der Waals surface area (Å²) in [5, 5.41) is 19.4. The van der Waals surface area contributed by atoms with Gasteiger partial charge in [0.25, 0.3) is 0 Å². The summed E-state index contributed by atoms with van der Waals surface area (Å²) in [5.74, 6) is 1.16. The van der Waals surface area contributed by atoms with Crippen LogP contribution in [0.25, 0.3) is 0 Å². The number of allylic oxidation sites excluding steroid dienone is 1. The molecule has 0 radical (unpaired) electrons. The van der Waals surface area contributed by atoms with Gasteiger partial charge in [0.2, 0.25) is 5.88 Å². The highest BCUT2D eigenvalue weighted by molar-refractivity contribution is 5.57. The van der Waals surface area contributed by atoms with Gasteiger partial charge in [-0.05, 0) is 42.3 Å². The molecule has 2 aromatic carbocycles. The number of fused-ring (bicyclic) bond motifs is 1. The maximum Gasteiger partial charge on any atom is 0.205 e. The van der Waals surface area contributed by atoms with Gasteiger partial charge in [0.15, 0.2) is 0 Å². The molecule has 128 valence electrons. The van der Waals surface area contributed by atoms with Crippen LogP contribution < -0.4 is 15.2 Å². The molecule has 3 N–H and O–H groups in total. The number of phenolic OH excluding ortho intramolecular Hbond substituents is 1. The summed E-state index contributed by atoms with van der Waals surface area (Å²) in [7, 11) is 0. The van der Waals surface area contributed by atoms with Crippen molar-refractivity contribution >= 4 is 0 Å². The lowest BCUT2D eigenvalue weighted by Gasteiger charge is -2.26. The van der Waals surface area contributed by atoms with Gasteiger partial charge < -0.3 is 20.3 Å². The molecular weight excluding hydrogens is 316 g/mol. The lowest BCUT2D eigenvalue weighted by Crippen LogP contribution is -2.20. The summed E-state index contributed by atoms with van der Waals surface area (Å²) in [6.45, 7) is 2.80. The van der Waals surface area contributed by atoms with Crippen LogP contribution in [0, 0.1) is 11.3 Å². The van der Waals surface area contributed by atoms with Crippen LogP contribution in [0.4, 0.5) is 0 Å². The first-order chi connectivity index (χ1) is 12.1. The monoisotopic (exact) mass is 336 g/mol. The topological polar surface area (TPSA) is 88.5 Å². The van der Waals surface area contributed by atoms with E-state index in [0.717, 1.165) is 24.2 Å². The molecule has 0 saturated carbocycles. The summed E-state index contributed by atoms with van der Waals surface area (Å²) in [4.78, 5) is 0. The number of rotatable bonds is 5. The van der Waals surface area contributed by atoms with Gasteiger partial charge in [-0.1, -0.05) is 25.5 Å².